The first kappa shape index (κ1) is 21.8. The first-order chi connectivity index (χ1) is 12.3. The highest BCUT2D eigenvalue weighted by molar-refractivity contribution is 5.83. The summed E-state index contributed by atoms with van der Waals surface area (Å²) in [5.74, 6) is 0.735. The summed E-state index contributed by atoms with van der Waals surface area (Å²) in [6, 6.07) is 8.54. The molecule has 0 aliphatic heterocycles. The summed E-state index contributed by atoms with van der Waals surface area (Å²) in [6.07, 6.45) is 0. The van der Waals surface area contributed by atoms with Crippen molar-refractivity contribution in [3.63, 3.8) is 0 Å². The highest BCUT2D eigenvalue weighted by Gasteiger charge is 2.26. The molecule has 6 nitrogen and oxygen atoms in total. The number of nitrogens with zero attached hydrogens (tertiary/aromatic N) is 2. The number of rotatable bonds is 9. The van der Waals surface area contributed by atoms with Gasteiger partial charge in [-0.2, -0.15) is 0 Å². The quantitative estimate of drug-likeness (QED) is 0.466. The van der Waals surface area contributed by atoms with E-state index in [-0.39, 0.29) is 5.91 Å². The Morgan fingerprint density at radius 3 is 2.54 bits per heavy atom. The molecule has 1 amide bonds. The van der Waals surface area contributed by atoms with Gasteiger partial charge < -0.3 is 20.9 Å². The number of amides is 1. The van der Waals surface area contributed by atoms with Crippen LogP contribution in [-0.2, 0) is 4.79 Å². The maximum Gasteiger partial charge on any atom is 0.227 e. The number of nitrogens with one attached hydrogen (secondary N) is 3. The van der Waals surface area contributed by atoms with Crippen LogP contribution in [0, 0.1) is 12.3 Å². The van der Waals surface area contributed by atoms with Gasteiger partial charge in [-0.25, -0.2) is 0 Å². The Bertz CT molecular complexity index is 598. The average Bonchev–Trinajstić information content (AvgIpc) is 2.62. The molecule has 1 aromatic carbocycles. The Hall–Kier alpha value is -2.24. The van der Waals surface area contributed by atoms with E-state index in [0.29, 0.717) is 6.54 Å². The molecule has 146 valence electrons. The van der Waals surface area contributed by atoms with Gasteiger partial charge >= 0.3 is 0 Å². The van der Waals surface area contributed by atoms with Crippen LogP contribution in [0.15, 0.2) is 29.3 Å². The third kappa shape index (κ3) is 6.94. The van der Waals surface area contributed by atoms with Gasteiger partial charge in [-0.05, 0) is 52.3 Å². The van der Waals surface area contributed by atoms with Crippen LogP contribution in [0.2, 0.25) is 0 Å². The Labute approximate surface area is 158 Å². The molecule has 0 saturated heterocycles. The summed E-state index contributed by atoms with van der Waals surface area (Å²) >= 11 is 0. The van der Waals surface area contributed by atoms with E-state index >= 15 is 0 Å². The summed E-state index contributed by atoms with van der Waals surface area (Å²) in [5, 5.41) is 9.30. The molecule has 6 heteroatoms. The number of benzene rings is 1. The molecule has 0 saturated carbocycles. The van der Waals surface area contributed by atoms with Crippen molar-refractivity contribution in [1.82, 2.24) is 16.0 Å². The predicted octanol–water partition coefficient (Wildman–Crippen LogP) is 2.15. The maximum absolute atomic E-state index is 11.9. The third-order valence-electron chi connectivity index (χ3n) is 4.24. The zero-order valence-corrected chi connectivity index (χ0v) is 17.1. The van der Waals surface area contributed by atoms with Crippen LogP contribution in [0.1, 0.15) is 33.3 Å². The first-order valence-corrected chi connectivity index (χ1v) is 9.40. The molecule has 0 unspecified atom stereocenters. The van der Waals surface area contributed by atoms with Gasteiger partial charge in [0.05, 0.1) is 12.0 Å². The molecular formula is C20H35N5O. The van der Waals surface area contributed by atoms with E-state index in [4.69, 9.17) is 0 Å². The third-order valence-corrected chi connectivity index (χ3v) is 4.24. The molecule has 1 rings (SSSR count). The maximum atomic E-state index is 11.9. The van der Waals surface area contributed by atoms with Gasteiger partial charge in [0.1, 0.15) is 0 Å². The molecule has 0 spiro atoms. The minimum absolute atomic E-state index is 0.00583. The topological polar surface area (TPSA) is 68.8 Å². The second kappa shape index (κ2) is 10.7. The van der Waals surface area contributed by atoms with E-state index < -0.39 is 5.41 Å². The van der Waals surface area contributed by atoms with E-state index in [1.807, 2.05) is 20.8 Å². The lowest BCUT2D eigenvalue weighted by molar-refractivity contribution is -0.128. The molecule has 0 bridgehead atoms. The number of carbonyl (C=O) groups is 1. The van der Waals surface area contributed by atoms with Crippen molar-refractivity contribution in [1.29, 1.82) is 0 Å². The van der Waals surface area contributed by atoms with Crippen molar-refractivity contribution in [2.75, 3.05) is 44.7 Å². The van der Waals surface area contributed by atoms with Crippen LogP contribution >= 0.6 is 0 Å². The predicted molar refractivity (Wildman–Crippen MR) is 111 cm³/mol. The lowest BCUT2D eigenvalue weighted by Crippen LogP contribution is -2.43. The van der Waals surface area contributed by atoms with Gasteiger partial charge in [-0.15, -0.1) is 0 Å². The zero-order chi connectivity index (χ0) is 19.6. The highest BCUT2D eigenvalue weighted by atomic mass is 16.2. The van der Waals surface area contributed by atoms with Gasteiger partial charge in [0.15, 0.2) is 5.96 Å². The number of anilines is 1. The highest BCUT2D eigenvalue weighted by Crippen LogP contribution is 2.16. The van der Waals surface area contributed by atoms with Crippen molar-refractivity contribution in [3.05, 3.63) is 29.8 Å². The summed E-state index contributed by atoms with van der Waals surface area (Å²) in [7, 11) is 1.65. The van der Waals surface area contributed by atoms with Crippen molar-refractivity contribution < 1.29 is 4.79 Å². The molecule has 26 heavy (non-hydrogen) atoms. The fourth-order valence-corrected chi connectivity index (χ4v) is 2.63. The Morgan fingerprint density at radius 1 is 1.23 bits per heavy atom. The number of guanidine groups is 1. The average molecular weight is 362 g/mol. The molecular weight excluding hydrogens is 326 g/mol. The van der Waals surface area contributed by atoms with E-state index in [0.717, 1.165) is 32.1 Å². The summed E-state index contributed by atoms with van der Waals surface area (Å²) < 4.78 is 0. The smallest absolute Gasteiger partial charge is 0.227 e. The van der Waals surface area contributed by atoms with Gasteiger partial charge in [0.2, 0.25) is 5.91 Å². The van der Waals surface area contributed by atoms with E-state index in [9.17, 15) is 4.79 Å². The number of hydrogen-bond acceptors (Lipinski definition) is 3. The zero-order valence-electron chi connectivity index (χ0n) is 17.1. The van der Waals surface area contributed by atoms with Crippen molar-refractivity contribution in [2.45, 2.75) is 34.6 Å². The number of aryl methyl sites for hydroxylation is 1. The van der Waals surface area contributed by atoms with E-state index in [1.54, 1.807) is 7.05 Å². The van der Waals surface area contributed by atoms with Gasteiger partial charge in [-0.3, -0.25) is 9.79 Å². The monoisotopic (exact) mass is 361 g/mol. The van der Waals surface area contributed by atoms with E-state index in [2.05, 4.69) is 64.0 Å². The molecule has 0 aliphatic carbocycles. The summed E-state index contributed by atoms with van der Waals surface area (Å²) in [4.78, 5) is 18.8. The van der Waals surface area contributed by atoms with Crippen LogP contribution < -0.4 is 20.9 Å². The molecule has 1 aromatic rings. The Kier molecular flexibility index (Phi) is 8.96. The van der Waals surface area contributed by atoms with Crippen LogP contribution in [-0.4, -0.2) is 51.6 Å². The number of carbonyl (C=O) groups excluding carboxylic acids is 1. The van der Waals surface area contributed by atoms with Crippen LogP contribution in [0.25, 0.3) is 0 Å². The normalized spacial score (nSPS) is 11.8. The molecule has 0 aromatic heterocycles. The second-order valence-electron chi connectivity index (χ2n) is 7.00. The van der Waals surface area contributed by atoms with Crippen molar-refractivity contribution in [2.24, 2.45) is 10.4 Å². The number of hydrogen-bond donors (Lipinski definition) is 3. The molecule has 3 N–H and O–H groups in total. The number of likely N-dealkylation sites (N-methyl/N-ethyl adjacent to an activating group) is 1. The van der Waals surface area contributed by atoms with Crippen LogP contribution in [0.5, 0.6) is 0 Å². The van der Waals surface area contributed by atoms with E-state index in [1.165, 1.54) is 11.3 Å². The Balaban J connectivity index is 2.64. The Morgan fingerprint density at radius 2 is 1.96 bits per heavy atom. The van der Waals surface area contributed by atoms with Crippen LogP contribution in [0.3, 0.4) is 0 Å². The minimum Gasteiger partial charge on any atom is -0.370 e. The lowest BCUT2D eigenvalue weighted by atomic mass is 9.93. The molecule has 0 aliphatic rings. The molecule has 0 heterocycles. The molecule has 0 radical (unpaired) electrons. The summed E-state index contributed by atoms with van der Waals surface area (Å²) in [6.45, 7) is 13.9. The second-order valence-corrected chi connectivity index (χ2v) is 7.00. The standard InChI is InChI=1S/C20H35N5O/c1-7-22-19(24-15-20(4,5)18(26)21-6)23-12-13-25(8-2)17-11-9-10-16(3)14-17/h9-11,14H,7-8,12-13,15H2,1-6H3,(H,21,26)(H2,22,23,24). The van der Waals surface area contributed by atoms with Crippen molar-refractivity contribution in [3.8, 4) is 0 Å². The first-order valence-electron chi connectivity index (χ1n) is 9.40. The summed E-state index contributed by atoms with van der Waals surface area (Å²) in [5.41, 5.74) is 1.96. The largest absolute Gasteiger partial charge is 0.370 e. The van der Waals surface area contributed by atoms with Crippen molar-refractivity contribution >= 4 is 17.6 Å². The minimum atomic E-state index is -0.534. The number of aliphatic imine (C=N–C) groups is 1. The van der Waals surface area contributed by atoms with Gasteiger partial charge in [0.25, 0.3) is 0 Å². The van der Waals surface area contributed by atoms with Crippen LogP contribution in [0.4, 0.5) is 5.69 Å². The lowest BCUT2D eigenvalue weighted by Gasteiger charge is -2.25. The molecule has 0 atom stereocenters. The molecule has 0 fully saturated rings. The fraction of sp³-hybridized carbons (Fsp3) is 0.600. The van der Waals surface area contributed by atoms with Gasteiger partial charge in [-0.1, -0.05) is 12.1 Å². The fourth-order valence-electron chi connectivity index (χ4n) is 2.63. The van der Waals surface area contributed by atoms with Gasteiger partial charge in [0, 0.05) is 38.9 Å². The SMILES string of the molecule is CCNC(=NCC(C)(C)C(=O)NC)NCCN(CC)c1cccc(C)c1.